The summed E-state index contributed by atoms with van der Waals surface area (Å²) in [4.78, 5) is 6.72. The molecule has 0 radical (unpaired) electrons. The van der Waals surface area contributed by atoms with E-state index in [2.05, 4.69) is 67.4 Å². The van der Waals surface area contributed by atoms with Gasteiger partial charge >= 0.3 is 0 Å². The van der Waals surface area contributed by atoms with Gasteiger partial charge < -0.3 is 10.2 Å². The average Bonchev–Trinajstić information content (AvgIpc) is 2.38. The molecule has 1 heterocycles. The Morgan fingerprint density at radius 1 is 1.16 bits per heavy atom. The summed E-state index contributed by atoms with van der Waals surface area (Å²) in [5, 5.41) is 4.74. The van der Waals surface area contributed by atoms with Gasteiger partial charge in [-0.2, -0.15) is 0 Å². The first-order valence-corrected chi connectivity index (χ1v) is 6.71. The molecule has 0 atom stereocenters. The zero-order valence-corrected chi connectivity index (χ0v) is 12.3. The molecule has 0 saturated heterocycles. The third-order valence-corrected chi connectivity index (χ3v) is 3.80. The molecule has 0 aliphatic heterocycles. The number of hydrogen-bond acceptors (Lipinski definition) is 3. The lowest BCUT2D eigenvalue weighted by Crippen LogP contribution is -2.46. The molecular weight excluding hydrogens is 234 g/mol. The Hall–Kier alpha value is -1.45. The van der Waals surface area contributed by atoms with Gasteiger partial charge in [0.05, 0.1) is 5.52 Å². The second-order valence-electron chi connectivity index (χ2n) is 5.80. The van der Waals surface area contributed by atoms with E-state index in [1.165, 1.54) is 10.9 Å². The van der Waals surface area contributed by atoms with E-state index in [-0.39, 0.29) is 5.54 Å². The third kappa shape index (κ3) is 3.31. The van der Waals surface area contributed by atoms with Gasteiger partial charge in [-0.05, 0) is 39.6 Å². The quantitative estimate of drug-likeness (QED) is 0.892. The molecular formula is C16H23N3. The Bertz CT molecular complexity index is 541. The van der Waals surface area contributed by atoms with Crippen molar-refractivity contribution in [1.29, 1.82) is 0 Å². The molecule has 0 amide bonds. The minimum Gasteiger partial charge on any atom is -0.311 e. The van der Waals surface area contributed by atoms with Gasteiger partial charge in [-0.15, -0.1) is 0 Å². The SMILES string of the molecule is CN(C)C(C)(C)CNCc1cccc2cccnc12. The van der Waals surface area contributed by atoms with Crippen LogP contribution in [-0.2, 0) is 6.54 Å². The monoisotopic (exact) mass is 257 g/mol. The lowest BCUT2D eigenvalue weighted by Gasteiger charge is -2.32. The van der Waals surface area contributed by atoms with Crippen molar-refractivity contribution in [2.24, 2.45) is 0 Å². The summed E-state index contributed by atoms with van der Waals surface area (Å²) in [6.45, 7) is 6.28. The van der Waals surface area contributed by atoms with Crippen LogP contribution in [0.4, 0.5) is 0 Å². The highest BCUT2D eigenvalue weighted by Crippen LogP contribution is 2.16. The number of hydrogen-bond donors (Lipinski definition) is 1. The van der Waals surface area contributed by atoms with Crippen LogP contribution in [-0.4, -0.2) is 36.1 Å². The second kappa shape index (κ2) is 5.68. The molecule has 1 aromatic heterocycles. The molecule has 0 aliphatic rings. The number of aromatic nitrogens is 1. The van der Waals surface area contributed by atoms with E-state index in [9.17, 15) is 0 Å². The van der Waals surface area contributed by atoms with Crippen LogP contribution in [0.15, 0.2) is 36.5 Å². The lowest BCUT2D eigenvalue weighted by atomic mass is 10.0. The van der Waals surface area contributed by atoms with Crippen molar-refractivity contribution in [3.05, 3.63) is 42.1 Å². The minimum atomic E-state index is 0.151. The Morgan fingerprint density at radius 3 is 2.63 bits per heavy atom. The smallest absolute Gasteiger partial charge is 0.0746 e. The number of fused-ring (bicyclic) bond motifs is 1. The van der Waals surface area contributed by atoms with Crippen molar-refractivity contribution in [3.8, 4) is 0 Å². The van der Waals surface area contributed by atoms with Gasteiger partial charge in [-0.1, -0.05) is 24.3 Å². The van der Waals surface area contributed by atoms with Crippen molar-refractivity contribution < 1.29 is 0 Å². The zero-order valence-electron chi connectivity index (χ0n) is 12.3. The van der Waals surface area contributed by atoms with Crippen LogP contribution in [0.3, 0.4) is 0 Å². The van der Waals surface area contributed by atoms with E-state index < -0.39 is 0 Å². The van der Waals surface area contributed by atoms with E-state index in [0.29, 0.717) is 0 Å². The third-order valence-electron chi connectivity index (χ3n) is 3.80. The van der Waals surface area contributed by atoms with Crippen molar-refractivity contribution in [1.82, 2.24) is 15.2 Å². The summed E-state index contributed by atoms with van der Waals surface area (Å²) in [5.74, 6) is 0. The molecule has 2 rings (SSSR count). The number of para-hydroxylation sites is 1. The van der Waals surface area contributed by atoms with Crippen molar-refractivity contribution in [3.63, 3.8) is 0 Å². The molecule has 1 aromatic carbocycles. The molecule has 3 nitrogen and oxygen atoms in total. The number of rotatable bonds is 5. The van der Waals surface area contributed by atoms with E-state index in [1.54, 1.807) is 0 Å². The summed E-state index contributed by atoms with van der Waals surface area (Å²) in [7, 11) is 4.22. The lowest BCUT2D eigenvalue weighted by molar-refractivity contribution is 0.190. The number of benzene rings is 1. The Balaban J connectivity index is 2.07. The van der Waals surface area contributed by atoms with Gasteiger partial charge in [0.2, 0.25) is 0 Å². The Morgan fingerprint density at radius 2 is 1.89 bits per heavy atom. The van der Waals surface area contributed by atoms with Crippen molar-refractivity contribution in [2.75, 3.05) is 20.6 Å². The second-order valence-corrected chi connectivity index (χ2v) is 5.80. The number of likely N-dealkylation sites (N-methyl/N-ethyl adjacent to an activating group) is 1. The van der Waals surface area contributed by atoms with Gasteiger partial charge in [-0.3, -0.25) is 4.98 Å². The summed E-state index contributed by atoms with van der Waals surface area (Å²) in [5.41, 5.74) is 2.51. The summed E-state index contributed by atoms with van der Waals surface area (Å²) in [6, 6.07) is 10.4. The van der Waals surface area contributed by atoms with Gasteiger partial charge in [0, 0.05) is 30.2 Å². The first kappa shape index (κ1) is 14.0. The zero-order chi connectivity index (χ0) is 13.9. The highest BCUT2D eigenvalue weighted by molar-refractivity contribution is 5.81. The van der Waals surface area contributed by atoms with Gasteiger partial charge in [0.25, 0.3) is 0 Å². The Labute approximate surface area is 115 Å². The van der Waals surface area contributed by atoms with Crippen molar-refractivity contribution >= 4 is 10.9 Å². The van der Waals surface area contributed by atoms with Crippen molar-refractivity contribution in [2.45, 2.75) is 25.9 Å². The minimum absolute atomic E-state index is 0.151. The molecule has 19 heavy (non-hydrogen) atoms. The van der Waals surface area contributed by atoms with Gasteiger partial charge in [0.1, 0.15) is 0 Å². The van der Waals surface area contributed by atoms with Gasteiger partial charge in [0.15, 0.2) is 0 Å². The molecule has 1 N–H and O–H groups in total. The molecule has 3 heteroatoms. The van der Waals surface area contributed by atoms with Crippen LogP contribution in [0.1, 0.15) is 19.4 Å². The standard InChI is InChI=1S/C16H23N3/c1-16(2,19(3)4)12-17-11-14-8-5-7-13-9-6-10-18-15(13)14/h5-10,17H,11-12H2,1-4H3. The maximum Gasteiger partial charge on any atom is 0.0746 e. The first-order chi connectivity index (χ1) is 9.00. The summed E-state index contributed by atoms with van der Waals surface area (Å²) >= 11 is 0. The predicted molar refractivity (Wildman–Crippen MR) is 81.2 cm³/mol. The van der Waals surface area contributed by atoms with Crippen LogP contribution < -0.4 is 5.32 Å². The number of nitrogens with zero attached hydrogens (tertiary/aromatic N) is 2. The fourth-order valence-corrected chi connectivity index (χ4v) is 1.97. The number of pyridine rings is 1. The fraction of sp³-hybridized carbons (Fsp3) is 0.438. The molecule has 0 unspecified atom stereocenters. The van der Waals surface area contributed by atoms with Crippen LogP contribution >= 0.6 is 0 Å². The largest absolute Gasteiger partial charge is 0.311 e. The highest BCUT2D eigenvalue weighted by Gasteiger charge is 2.19. The van der Waals surface area contributed by atoms with E-state index in [4.69, 9.17) is 0 Å². The molecule has 0 bridgehead atoms. The average molecular weight is 257 g/mol. The Kier molecular flexibility index (Phi) is 4.17. The molecule has 0 fully saturated rings. The van der Waals surface area contributed by atoms with Gasteiger partial charge in [-0.25, -0.2) is 0 Å². The summed E-state index contributed by atoms with van der Waals surface area (Å²) in [6.07, 6.45) is 1.86. The van der Waals surface area contributed by atoms with E-state index in [0.717, 1.165) is 18.6 Å². The van der Waals surface area contributed by atoms with E-state index in [1.807, 2.05) is 12.3 Å². The van der Waals surface area contributed by atoms with Crippen LogP contribution in [0.2, 0.25) is 0 Å². The fourth-order valence-electron chi connectivity index (χ4n) is 1.97. The maximum atomic E-state index is 4.48. The molecule has 0 saturated carbocycles. The molecule has 2 aromatic rings. The van der Waals surface area contributed by atoms with Crippen LogP contribution in [0.25, 0.3) is 10.9 Å². The molecule has 0 aliphatic carbocycles. The topological polar surface area (TPSA) is 28.2 Å². The summed E-state index contributed by atoms with van der Waals surface area (Å²) < 4.78 is 0. The molecule has 0 spiro atoms. The predicted octanol–water partition coefficient (Wildman–Crippen LogP) is 2.66. The number of nitrogens with one attached hydrogen (secondary N) is 1. The molecule has 102 valence electrons. The first-order valence-electron chi connectivity index (χ1n) is 6.71. The maximum absolute atomic E-state index is 4.48. The highest BCUT2D eigenvalue weighted by atomic mass is 15.2. The normalized spacial score (nSPS) is 12.3. The van der Waals surface area contributed by atoms with Crippen LogP contribution in [0.5, 0.6) is 0 Å². The van der Waals surface area contributed by atoms with Crippen LogP contribution in [0, 0.1) is 0 Å². The van der Waals surface area contributed by atoms with E-state index >= 15 is 0 Å².